The molecule has 4 atom stereocenters. The topological polar surface area (TPSA) is 0 Å². The number of hydrogen-bond donors (Lipinski definition) is 0. The summed E-state index contributed by atoms with van der Waals surface area (Å²) in [7, 11) is 0. The van der Waals surface area contributed by atoms with Crippen LogP contribution in [0, 0.1) is 45.3 Å². The molecular weight excluding hydrogens is 817 g/mol. The molecule has 5 rings (SSSR count). The fourth-order valence-electron chi connectivity index (χ4n) is 9.69. The average molecular weight is 948 g/mol. The first-order valence-electron chi connectivity index (χ1n) is 25.6. The quantitative estimate of drug-likeness (QED) is 0.231. The minimum absolute atomic E-state index is 0. The minimum atomic E-state index is 0. The lowest BCUT2D eigenvalue weighted by Crippen LogP contribution is -2.32. The Morgan fingerprint density at radius 1 is 0.324 bits per heavy atom. The zero-order chi connectivity index (χ0) is 48.0. The predicted molar refractivity (Wildman–Crippen MR) is 324 cm³/mol. The Hall–Kier alpha value is -2.34. The van der Waals surface area contributed by atoms with Gasteiger partial charge in [0.25, 0.3) is 0 Å². The summed E-state index contributed by atoms with van der Waals surface area (Å²) in [5.74, 6) is 7.64. The molecule has 0 heterocycles. The molecule has 0 radical (unpaired) electrons. The SMILES string of the molecule is C.C.C.C.C.C.CC(C)(C)C1CCC(C(C)(C)C)C1.CC(C)(C)C1CCCC1C(C)(C)C.CC(C)c1ccc(C(C)C)cc1.CC(C)c1cccc(C(C)C)c1.CC(C)c1ccccc1C(C)C. The van der Waals surface area contributed by atoms with Gasteiger partial charge in [-0.05, 0) is 146 Å². The highest BCUT2D eigenvalue weighted by Gasteiger charge is 2.41. The third-order valence-corrected chi connectivity index (χ3v) is 14.4. The smallest absolute Gasteiger partial charge is 0.0216 e. The van der Waals surface area contributed by atoms with E-state index in [4.69, 9.17) is 0 Å². The highest BCUT2D eigenvalue weighted by molar-refractivity contribution is 5.32. The van der Waals surface area contributed by atoms with Crippen molar-refractivity contribution in [3.8, 4) is 0 Å². The van der Waals surface area contributed by atoms with Crippen molar-refractivity contribution in [2.24, 2.45) is 45.3 Å². The van der Waals surface area contributed by atoms with Crippen molar-refractivity contribution in [3.05, 3.63) is 106 Å². The van der Waals surface area contributed by atoms with E-state index in [2.05, 4.69) is 239 Å². The molecule has 0 spiro atoms. The van der Waals surface area contributed by atoms with Gasteiger partial charge in [-0.3, -0.25) is 0 Å². The summed E-state index contributed by atoms with van der Waals surface area (Å²) >= 11 is 0. The van der Waals surface area contributed by atoms with Gasteiger partial charge < -0.3 is 0 Å². The molecule has 2 fully saturated rings. The van der Waals surface area contributed by atoms with Gasteiger partial charge in [0.15, 0.2) is 0 Å². The van der Waals surface area contributed by atoms with E-state index in [1.807, 2.05) is 0 Å². The van der Waals surface area contributed by atoms with Crippen LogP contribution >= 0.6 is 0 Å². The molecular formula is C68H130. The van der Waals surface area contributed by atoms with Crippen LogP contribution in [0.1, 0.15) is 318 Å². The van der Waals surface area contributed by atoms with Gasteiger partial charge in [-0.2, -0.15) is 0 Å². The number of hydrogen-bond acceptors (Lipinski definition) is 0. The lowest BCUT2D eigenvalue weighted by Gasteiger charge is -2.39. The third-order valence-electron chi connectivity index (χ3n) is 14.4. The van der Waals surface area contributed by atoms with Crippen LogP contribution in [0.2, 0.25) is 0 Å². The Morgan fingerprint density at radius 3 is 0.809 bits per heavy atom. The molecule has 3 aromatic rings. The molecule has 0 bridgehead atoms. The fourth-order valence-corrected chi connectivity index (χ4v) is 9.69. The van der Waals surface area contributed by atoms with Gasteiger partial charge in [-0.15, -0.1) is 0 Å². The molecule has 0 heteroatoms. The highest BCUT2D eigenvalue weighted by atomic mass is 14.5. The number of rotatable bonds is 6. The second kappa shape index (κ2) is 34.1. The van der Waals surface area contributed by atoms with Gasteiger partial charge in [0.05, 0.1) is 0 Å². The van der Waals surface area contributed by atoms with E-state index < -0.39 is 0 Å². The summed E-state index contributed by atoms with van der Waals surface area (Å²) < 4.78 is 0. The molecule has 0 aromatic heterocycles. The van der Waals surface area contributed by atoms with E-state index in [1.165, 1.54) is 71.9 Å². The highest BCUT2D eigenvalue weighted by Crippen LogP contribution is 2.51. The van der Waals surface area contributed by atoms with Gasteiger partial charge in [-0.1, -0.05) is 290 Å². The zero-order valence-corrected chi connectivity index (χ0v) is 45.9. The average Bonchev–Trinajstić information content (AvgIpc) is 3.88. The summed E-state index contributed by atoms with van der Waals surface area (Å²) in [4.78, 5) is 0. The van der Waals surface area contributed by atoms with Gasteiger partial charge in [0.1, 0.15) is 0 Å². The zero-order valence-electron chi connectivity index (χ0n) is 45.9. The van der Waals surface area contributed by atoms with Gasteiger partial charge in [0, 0.05) is 0 Å². The summed E-state index contributed by atoms with van der Waals surface area (Å²) in [6.07, 6.45) is 8.70. The Balaban J connectivity index is -0.000000173. The minimum Gasteiger partial charge on any atom is -0.0776 e. The van der Waals surface area contributed by atoms with E-state index in [0.29, 0.717) is 57.2 Å². The lowest BCUT2D eigenvalue weighted by atomic mass is 9.66. The van der Waals surface area contributed by atoms with Crippen LogP contribution in [0.25, 0.3) is 0 Å². The molecule has 2 aliphatic rings. The maximum Gasteiger partial charge on any atom is -0.0216 e. The first-order valence-corrected chi connectivity index (χ1v) is 25.6. The Bertz CT molecular complexity index is 1510. The van der Waals surface area contributed by atoms with Crippen LogP contribution < -0.4 is 0 Å². The first-order chi connectivity index (χ1) is 28.3. The third kappa shape index (κ3) is 27.3. The van der Waals surface area contributed by atoms with Crippen molar-refractivity contribution in [3.63, 3.8) is 0 Å². The van der Waals surface area contributed by atoms with Crippen molar-refractivity contribution in [1.82, 2.24) is 0 Å². The monoisotopic (exact) mass is 947 g/mol. The maximum absolute atomic E-state index is 2.40. The van der Waals surface area contributed by atoms with Crippen molar-refractivity contribution >= 4 is 0 Å². The summed E-state index contributed by atoms with van der Waals surface area (Å²) in [5, 5.41) is 0. The van der Waals surface area contributed by atoms with E-state index in [-0.39, 0.29) is 44.6 Å². The predicted octanol–water partition coefficient (Wildman–Crippen LogP) is 24.6. The van der Waals surface area contributed by atoms with Crippen LogP contribution in [0.5, 0.6) is 0 Å². The van der Waals surface area contributed by atoms with Crippen molar-refractivity contribution in [2.75, 3.05) is 0 Å². The molecule has 2 saturated carbocycles. The standard InChI is InChI=1S/2C13H26.3C12H18.6CH4/c1-12(2,3)10-7-8-11(9-10)13(4,5)6;1-12(2,3)10-8-7-9-11(10)13(4,5)6;1-9(2)11-5-7-12(8-6-11)10(3)4;1-9(2)11-6-5-7-12(8-11)10(3)4;1-9(2)11-7-5-6-8-12(11)10(3)4;;;;;;/h2*10-11H,7-9H2,1-6H3;3*5-10H,1-4H3;6*1H4. The fraction of sp³-hybridized carbons (Fsp3) is 0.735. The summed E-state index contributed by atoms with van der Waals surface area (Å²) in [6, 6.07) is 26.6. The van der Waals surface area contributed by atoms with Gasteiger partial charge in [-0.25, -0.2) is 0 Å². The van der Waals surface area contributed by atoms with E-state index in [1.54, 1.807) is 0 Å². The van der Waals surface area contributed by atoms with Crippen LogP contribution in [0.15, 0.2) is 72.8 Å². The molecule has 3 aromatic carbocycles. The van der Waals surface area contributed by atoms with Crippen molar-refractivity contribution in [2.45, 2.75) is 285 Å². The molecule has 4 unspecified atom stereocenters. The molecule has 0 N–H and O–H groups in total. The molecule has 0 amide bonds. The molecule has 2 aliphatic carbocycles. The second-order valence-corrected chi connectivity index (χ2v) is 25.7. The lowest BCUT2D eigenvalue weighted by molar-refractivity contribution is 0.0992. The first kappa shape index (κ1) is 77.1. The summed E-state index contributed by atoms with van der Waals surface area (Å²) in [5.41, 5.74) is 10.8. The van der Waals surface area contributed by atoms with Gasteiger partial charge >= 0.3 is 0 Å². The van der Waals surface area contributed by atoms with Gasteiger partial charge in [0.2, 0.25) is 0 Å². The largest absolute Gasteiger partial charge is 0.0776 e. The maximum atomic E-state index is 2.40. The van der Waals surface area contributed by atoms with Crippen molar-refractivity contribution < 1.29 is 0 Å². The van der Waals surface area contributed by atoms with Crippen LogP contribution in [0.3, 0.4) is 0 Å². The molecule has 0 nitrogen and oxygen atoms in total. The summed E-state index contributed by atoms with van der Waals surface area (Å²) in [6.45, 7) is 55.6. The Kier molecular flexibility index (Phi) is 38.7. The van der Waals surface area contributed by atoms with Crippen LogP contribution in [-0.2, 0) is 0 Å². The molecule has 0 aliphatic heterocycles. The normalized spacial score (nSPS) is 17.7. The number of benzene rings is 3. The Labute approximate surface area is 434 Å². The Morgan fingerprint density at radius 2 is 0.603 bits per heavy atom. The molecule has 402 valence electrons. The molecule has 68 heavy (non-hydrogen) atoms. The van der Waals surface area contributed by atoms with Crippen LogP contribution in [0.4, 0.5) is 0 Å². The van der Waals surface area contributed by atoms with Crippen LogP contribution in [-0.4, -0.2) is 0 Å². The van der Waals surface area contributed by atoms with E-state index in [0.717, 1.165) is 23.7 Å². The van der Waals surface area contributed by atoms with Crippen molar-refractivity contribution in [1.29, 1.82) is 0 Å². The van der Waals surface area contributed by atoms with E-state index in [9.17, 15) is 0 Å². The second-order valence-electron chi connectivity index (χ2n) is 25.7. The van der Waals surface area contributed by atoms with E-state index >= 15 is 0 Å². The molecule has 0 saturated heterocycles.